The summed E-state index contributed by atoms with van der Waals surface area (Å²) in [7, 11) is 0.340. The molecule has 0 aromatic heterocycles. The summed E-state index contributed by atoms with van der Waals surface area (Å²) in [5.74, 6) is -0.858. The summed E-state index contributed by atoms with van der Waals surface area (Å²) in [5, 5.41) is 15.2. The number of amides is 3. The molecule has 1 aliphatic heterocycles. The van der Waals surface area contributed by atoms with Crippen LogP contribution in [0.3, 0.4) is 0 Å². The van der Waals surface area contributed by atoms with E-state index in [0.717, 1.165) is 5.56 Å². The van der Waals surface area contributed by atoms with Gasteiger partial charge in [-0.3, -0.25) is 4.79 Å². The highest BCUT2D eigenvalue weighted by atomic mass is 32.3. The average molecular weight is 478 g/mol. The van der Waals surface area contributed by atoms with Crippen LogP contribution in [-0.4, -0.2) is 67.0 Å². The number of carbonyl (C=O) groups is 2. The Morgan fingerprint density at radius 3 is 2.45 bits per heavy atom. The number of carbonyl (C=O) groups excluding carboxylic acids is 2. The first-order valence-electron chi connectivity index (χ1n) is 10.7. The molecule has 0 saturated carbocycles. The fraction of sp³-hybridized carbons (Fsp3) is 0.417. The van der Waals surface area contributed by atoms with Gasteiger partial charge in [0.2, 0.25) is 0 Å². The van der Waals surface area contributed by atoms with Gasteiger partial charge in [-0.05, 0) is 54.5 Å². The van der Waals surface area contributed by atoms with E-state index in [-0.39, 0.29) is 12.4 Å². The fourth-order valence-electron chi connectivity index (χ4n) is 3.70. The van der Waals surface area contributed by atoms with Gasteiger partial charge in [0.25, 0.3) is 5.91 Å². The Hall–Kier alpha value is -2.62. The number of aliphatic hydroxyl groups is 1. The summed E-state index contributed by atoms with van der Waals surface area (Å²) in [6, 6.07) is 10.4. The molecule has 9 heteroatoms. The highest BCUT2D eigenvalue weighted by molar-refractivity contribution is 8.32. The molecule has 0 aliphatic carbocycles. The molecule has 0 radical (unpaired) electrons. The van der Waals surface area contributed by atoms with E-state index >= 15 is 0 Å². The maximum Gasteiger partial charge on any atom is 0.318 e. The van der Waals surface area contributed by atoms with Crippen LogP contribution in [0.4, 0.5) is 14.9 Å². The summed E-state index contributed by atoms with van der Waals surface area (Å²) in [4.78, 5) is 28.1. The number of urea groups is 1. The van der Waals surface area contributed by atoms with Crippen molar-refractivity contribution in [2.75, 3.05) is 44.3 Å². The van der Waals surface area contributed by atoms with E-state index in [1.807, 2.05) is 30.9 Å². The lowest BCUT2D eigenvalue weighted by Crippen LogP contribution is -2.44. The van der Waals surface area contributed by atoms with E-state index in [0.29, 0.717) is 35.7 Å². The van der Waals surface area contributed by atoms with Gasteiger partial charge in [-0.15, -0.1) is 0 Å². The Morgan fingerprint density at radius 2 is 1.91 bits per heavy atom. The molecule has 2 atom stereocenters. The number of benzene rings is 2. The maximum atomic E-state index is 14.6. The third-order valence-corrected chi connectivity index (χ3v) is 7.11. The molecule has 0 unspecified atom stereocenters. The van der Waals surface area contributed by atoms with E-state index < -0.39 is 34.1 Å². The number of rotatable bonds is 7. The summed E-state index contributed by atoms with van der Waals surface area (Å²) < 4.78 is 19.8. The Morgan fingerprint density at radius 1 is 1.21 bits per heavy atom. The number of hydrogen-bond acceptors (Lipinski definition) is 4. The Balaban J connectivity index is 1.82. The van der Waals surface area contributed by atoms with Gasteiger partial charge in [-0.2, -0.15) is 0 Å². The van der Waals surface area contributed by atoms with Crippen molar-refractivity contribution < 1.29 is 23.8 Å². The predicted octanol–water partition coefficient (Wildman–Crippen LogP) is 3.48. The highest BCUT2D eigenvalue weighted by Gasteiger charge is 2.29. The lowest BCUT2D eigenvalue weighted by Gasteiger charge is -2.27. The summed E-state index contributed by atoms with van der Waals surface area (Å²) in [6.07, 6.45) is 5.92. The van der Waals surface area contributed by atoms with E-state index in [9.17, 15) is 19.1 Å². The maximum absolute atomic E-state index is 14.6. The second kappa shape index (κ2) is 10.5. The SMILES string of the molecule is COCc1ccc([C@@H](NC(=O)N2CC[C@@H](O)C2)C(=O)Nc2ccc(S(C)(C)C)c(F)c2)cc1. The lowest BCUT2D eigenvalue weighted by molar-refractivity contribution is -0.118. The number of aliphatic hydroxyl groups excluding tert-OH is 1. The molecule has 2 aromatic carbocycles. The molecule has 1 fully saturated rings. The monoisotopic (exact) mass is 477 g/mol. The van der Waals surface area contributed by atoms with Gasteiger partial charge in [0.05, 0.1) is 12.7 Å². The van der Waals surface area contributed by atoms with Gasteiger partial charge >= 0.3 is 6.03 Å². The van der Waals surface area contributed by atoms with Crippen molar-refractivity contribution in [2.45, 2.75) is 30.1 Å². The number of nitrogens with zero attached hydrogens (tertiary/aromatic N) is 1. The summed E-state index contributed by atoms with van der Waals surface area (Å²) in [6.45, 7) is 1.06. The number of ether oxygens (including phenoxy) is 1. The normalized spacial score (nSPS) is 17.5. The van der Waals surface area contributed by atoms with Crippen molar-refractivity contribution in [3.05, 3.63) is 59.4 Å². The number of likely N-dealkylation sites (tertiary alicyclic amines) is 1. The smallest absolute Gasteiger partial charge is 0.318 e. The molecular formula is C24H32FN3O4S. The average Bonchev–Trinajstić information content (AvgIpc) is 3.18. The van der Waals surface area contributed by atoms with Crippen LogP contribution < -0.4 is 10.6 Å². The molecule has 180 valence electrons. The highest BCUT2D eigenvalue weighted by Crippen LogP contribution is 2.46. The molecule has 1 saturated heterocycles. The molecule has 1 aliphatic rings. The van der Waals surface area contributed by atoms with Crippen molar-refractivity contribution in [2.24, 2.45) is 0 Å². The van der Waals surface area contributed by atoms with Crippen LogP contribution in [0, 0.1) is 5.82 Å². The van der Waals surface area contributed by atoms with Crippen molar-refractivity contribution >= 4 is 27.7 Å². The van der Waals surface area contributed by atoms with E-state index in [1.165, 1.54) is 11.0 Å². The minimum Gasteiger partial charge on any atom is -0.391 e. The van der Waals surface area contributed by atoms with Crippen molar-refractivity contribution in [3.8, 4) is 0 Å². The fourth-order valence-corrected chi connectivity index (χ4v) is 4.82. The second-order valence-electron chi connectivity index (χ2n) is 8.92. The summed E-state index contributed by atoms with van der Waals surface area (Å²) in [5.41, 5.74) is 1.82. The summed E-state index contributed by atoms with van der Waals surface area (Å²) >= 11 is 0. The van der Waals surface area contributed by atoms with Crippen LogP contribution in [-0.2, 0) is 16.1 Å². The lowest BCUT2D eigenvalue weighted by atomic mass is 10.0. The molecule has 7 nitrogen and oxygen atoms in total. The number of β-amino-alcohol motifs (C(OH)–C–C–N with tert-alkyl or cyclic N) is 1. The molecule has 3 N–H and O–H groups in total. The third-order valence-electron chi connectivity index (χ3n) is 5.46. The van der Waals surface area contributed by atoms with E-state index in [4.69, 9.17) is 4.74 Å². The van der Waals surface area contributed by atoms with Crippen molar-refractivity contribution in [1.29, 1.82) is 0 Å². The first kappa shape index (κ1) is 25.0. The zero-order valence-electron chi connectivity index (χ0n) is 19.4. The third kappa shape index (κ3) is 6.46. The van der Waals surface area contributed by atoms with Gasteiger partial charge < -0.3 is 25.4 Å². The van der Waals surface area contributed by atoms with E-state index in [1.54, 1.807) is 31.4 Å². The molecule has 0 bridgehead atoms. The standard InChI is InChI=1S/C24H32FN3O4S/c1-32-15-16-5-7-17(8-6-16)22(27-24(31)28-12-11-19(29)14-28)23(30)26-18-9-10-21(20(25)13-18)33(2,3)4/h5-10,13,19,22,29H,11-12,14-15H2,1-4H3,(H,26,30)(H,27,31)/t19-,22-/m1/s1. The topological polar surface area (TPSA) is 90.9 Å². The van der Waals surface area contributed by atoms with Crippen LogP contribution in [0.2, 0.25) is 0 Å². The van der Waals surface area contributed by atoms with Crippen LogP contribution in [0.5, 0.6) is 0 Å². The quantitative estimate of drug-likeness (QED) is 0.570. The van der Waals surface area contributed by atoms with Gasteiger partial charge in [-0.1, -0.05) is 24.3 Å². The van der Waals surface area contributed by atoms with Crippen molar-refractivity contribution in [1.82, 2.24) is 10.2 Å². The number of methoxy groups -OCH3 is 1. The number of anilines is 1. The Labute approximate surface area is 195 Å². The number of hydrogen-bond donors (Lipinski definition) is 3. The molecule has 3 rings (SSSR count). The molecule has 2 aromatic rings. The van der Waals surface area contributed by atoms with Crippen LogP contribution in [0.25, 0.3) is 0 Å². The number of nitrogens with one attached hydrogen (secondary N) is 2. The molecule has 33 heavy (non-hydrogen) atoms. The van der Waals surface area contributed by atoms with Crippen LogP contribution >= 0.6 is 10.0 Å². The largest absolute Gasteiger partial charge is 0.391 e. The van der Waals surface area contributed by atoms with Gasteiger partial charge in [0.15, 0.2) is 0 Å². The minimum atomic E-state index is -1.26. The number of halogens is 1. The zero-order chi connectivity index (χ0) is 24.2. The Kier molecular flexibility index (Phi) is 7.99. The van der Waals surface area contributed by atoms with Crippen molar-refractivity contribution in [3.63, 3.8) is 0 Å². The van der Waals surface area contributed by atoms with Crippen LogP contribution in [0.15, 0.2) is 47.4 Å². The Bertz CT molecular complexity index is 994. The minimum absolute atomic E-state index is 0.217. The van der Waals surface area contributed by atoms with Gasteiger partial charge in [0, 0.05) is 30.8 Å². The predicted molar refractivity (Wildman–Crippen MR) is 129 cm³/mol. The molecule has 3 amide bonds. The zero-order valence-corrected chi connectivity index (χ0v) is 20.2. The van der Waals surface area contributed by atoms with Gasteiger partial charge in [0.1, 0.15) is 11.9 Å². The molecule has 0 spiro atoms. The second-order valence-corrected chi connectivity index (χ2v) is 13.0. The van der Waals surface area contributed by atoms with Gasteiger partial charge in [-0.25, -0.2) is 19.2 Å². The van der Waals surface area contributed by atoms with Crippen LogP contribution in [0.1, 0.15) is 23.6 Å². The first-order chi connectivity index (χ1) is 15.6. The molecule has 1 heterocycles. The molecular weight excluding hydrogens is 445 g/mol. The first-order valence-corrected chi connectivity index (χ1v) is 13.5. The van der Waals surface area contributed by atoms with E-state index in [2.05, 4.69) is 10.6 Å².